The van der Waals surface area contributed by atoms with Gasteiger partial charge in [-0.05, 0) is 112 Å². The third-order valence-corrected chi connectivity index (χ3v) is 9.31. The monoisotopic (exact) mass is 426 g/mol. The van der Waals surface area contributed by atoms with E-state index < -0.39 is 0 Å². The molecule has 1 heterocycles. The standard InChI is InChI=1S/C26H38N2O3/c1-26-13-10-21-20-7-5-19(31-25(30)28-14-11-18(12-15-28)27(2)3)16-17(20)4-6-22(21)23(26)8-9-24(26)29/h5,7,16,18,21-24,29H,4,6,8-15H2,1-3H3. The highest BCUT2D eigenvalue weighted by Gasteiger charge is 2.54. The van der Waals surface area contributed by atoms with Gasteiger partial charge in [-0.2, -0.15) is 0 Å². The van der Waals surface area contributed by atoms with E-state index in [1.807, 2.05) is 11.0 Å². The molecule has 5 heteroatoms. The fourth-order valence-corrected chi connectivity index (χ4v) is 7.32. The number of fused-ring (bicyclic) bond motifs is 5. The van der Waals surface area contributed by atoms with Crippen LogP contribution < -0.4 is 4.74 Å². The molecule has 1 N–H and O–H groups in total. The van der Waals surface area contributed by atoms with Gasteiger partial charge in [-0.1, -0.05) is 13.0 Å². The van der Waals surface area contributed by atoms with Crippen molar-refractivity contribution in [3.8, 4) is 5.75 Å². The average molecular weight is 427 g/mol. The molecule has 5 nitrogen and oxygen atoms in total. The second-order valence-electron chi connectivity index (χ2n) is 11.0. The third kappa shape index (κ3) is 3.68. The lowest BCUT2D eigenvalue weighted by Crippen LogP contribution is -2.45. The van der Waals surface area contributed by atoms with Crippen molar-refractivity contribution in [1.82, 2.24) is 9.80 Å². The van der Waals surface area contributed by atoms with Crippen molar-refractivity contribution in [3.63, 3.8) is 0 Å². The minimum Gasteiger partial charge on any atom is -0.410 e. The predicted octanol–water partition coefficient (Wildman–Crippen LogP) is 4.43. The molecular weight excluding hydrogens is 388 g/mol. The Kier molecular flexibility index (Phi) is 5.54. The van der Waals surface area contributed by atoms with Crippen molar-refractivity contribution in [2.45, 2.75) is 76.4 Å². The summed E-state index contributed by atoms with van der Waals surface area (Å²) in [5.41, 5.74) is 2.94. The summed E-state index contributed by atoms with van der Waals surface area (Å²) in [5.74, 6) is 2.63. The SMILES string of the molecule is CN(C)C1CCN(C(=O)Oc2ccc3c(c2)CCC2C3CCC3(C)C(O)CCC23)CC1. The number of aliphatic hydroxyl groups is 1. The van der Waals surface area contributed by atoms with E-state index in [0.717, 1.165) is 45.2 Å². The summed E-state index contributed by atoms with van der Waals surface area (Å²) in [6, 6.07) is 6.90. The number of benzene rings is 1. The van der Waals surface area contributed by atoms with Crippen molar-refractivity contribution in [1.29, 1.82) is 0 Å². The Morgan fingerprint density at radius 2 is 1.90 bits per heavy atom. The molecule has 1 aromatic carbocycles. The minimum atomic E-state index is -0.209. The van der Waals surface area contributed by atoms with Crippen LogP contribution in [0.3, 0.4) is 0 Å². The van der Waals surface area contributed by atoms with E-state index in [1.165, 1.54) is 30.4 Å². The van der Waals surface area contributed by atoms with Crippen molar-refractivity contribution in [2.75, 3.05) is 27.2 Å². The van der Waals surface area contributed by atoms with Gasteiger partial charge in [0.15, 0.2) is 0 Å². The largest absolute Gasteiger partial charge is 0.415 e. The van der Waals surface area contributed by atoms with Crippen LogP contribution in [-0.4, -0.2) is 60.3 Å². The highest BCUT2D eigenvalue weighted by molar-refractivity contribution is 5.71. The maximum Gasteiger partial charge on any atom is 0.415 e. The number of amides is 1. The summed E-state index contributed by atoms with van der Waals surface area (Å²) in [5, 5.41) is 10.6. The molecule has 1 saturated heterocycles. The maximum atomic E-state index is 12.7. The molecule has 0 spiro atoms. The summed E-state index contributed by atoms with van der Waals surface area (Å²) in [4.78, 5) is 16.8. The Hall–Kier alpha value is -1.59. The maximum absolute atomic E-state index is 12.7. The second kappa shape index (κ2) is 8.08. The van der Waals surface area contributed by atoms with Gasteiger partial charge in [0.25, 0.3) is 0 Å². The van der Waals surface area contributed by atoms with Crippen LogP contribution in [0.4, 0.5) is 4.79 Å². The number of carbonyl (C=O) groups is 1. The summed E-state index contributed by atoms with van der Waals surface area (Å²) in [6.45, 7) is 3.86. The molecule has 3 fully saturated rings. The topological polar surface area (TPSA) is 53.0 Å². The van der Waals surface area contributed by atoms with Crippen LogP contribution in [0.2, 0.25) is 0 Å². The first-order chi connectivity index (χ1) is 14.9. The lowest BCUT2D eigenvalue weighted by atomic mass is 9.55. The van der Waals surface area contributed by atoms with Crippen molar-refractivity contribution in [3.05, 3.63) is 29.3 Å². The molecule has 1 aliphatic heterocycles. The number of aliphatic hydroxyl groups excluding tert-OH is 1. The lowest BCUT2D eigenvalue weighted by molar-refractivity contribution is -0.0226. The van der Waals surface area contributed by atoms with Gasteiger partial charge >= 0.3 is 6.09 Å². The van der Waals surface area contributed by atoms with Crippen molar-refractivity contribution in [2.24, 2.45) is 17.3 Å². The molecule has 4 aliphatic rings. The molecule has 170 valence electrons. The van der Waals surface area contributed by atoms with E-state index in [1.54, 1.807) is 0 Å². The molecule has 5 atom stereocenters. The molecular formula is C26H38N2O3. The molecule has 31 heavy (non-hydrogen) atoms. The van der Waals surface area contributed by atoms with Gasteiger partial charge in [-0.25, -0.2) is 4.79 Å². The lowest BCUT2D eigenvalue weighted by Gasteiger charge is -2.50. The van der Waals surface area contributed by atoms with Crippen LogP contribution in [0.1, 0.15) is 68.9 Å². The normalized spacial score (nSPS) is 35.5. The summed E-state index contributed by atoms with van der Waals surface area (Å²) < 4.78 is 5.79. The first-order valence-electron chi connectivity index (χ1n) is 12.3. The van der Waals surface area contributed by atoms with Crippen molar-refractivity contribution < 1.29 is 14.6 Å². The number of likely N-dealkylation sites (tertiary alicyclic amines) is 1. The number of carbonyl (C=O) groups excluding carboxylic acids is 1. The van der Waals surface area contributed by atoms with Gasteiger partial charge in [0.2, 0.25) is 0 Å². The van der Waals surface area contributed by atoms with Gasteiger partial charge in [0, 0.05) is 19.1 Å². The van der Waals surface area contributed by atoms with Crippen LogP contribution in [0.15, 0.2) is 18.2 Å². The Balaban J connectivity index is 1.26. The Bertz CT molecular complexity index is 832. The molecule has 3 aliphatic carbocycles. The van der Waals surface area contributed by atoms with Crippen LogP contribution in [-0.2, 0) is 6.42 Å². The fraction of sp³-hybridized carbons (Fsp3) is 0.731. The zero-order chi connectivity index (χ0) is 21.8. The van der Waals surface area contributed by atoms with E-state index in [9.17, 15) is 9.90 Å². The minimum absolute atomic E-state index is 0.119. The smallest absolute Gasteiger partial charge is 0.410 e. The Morgan fingerprint density at radius 3 is 2.65 bits per heavy atom. The molecule has 2 saturated carbocycles. The second-order valence-corrected chi connectivity index (χ2v) is 11.0. The zero-order valence-corrected chi connectivity index (χ0v) is 19.3. The summed E-state index contributed by atoms with van der Waals surface area (Å²) >= 11 is 0. The van der Waals surface area contributed by atoms with Crippen LogP contribution in [0, 0.1) is 17.3 Å². The van der Waals surface area contributed by atoms with E-state index in [-0.39, 0.29) is 17.6 Å². The van der Waals surface area contributed by atoms with Gasteiger partial charge in [0.05, 0.1) is 6.10 Å². The molecule has 1 amide bonds. The number of ether oxygens (including phenoxy) is 1. The first-order valence-corrected chi connectivity index (χ1v) is 12.3. The zero-order valence-electron chi connectivity index (χ0n) is 19.3. The van der Waals surface area contributed by atoms with Crippen molar-refractivity contribution >= 4 is 6.09 Å². The molecule has 0 radical (unpaired) electrons. The number of nitrogens with zero attached hydrogens (tertiary/aromatic N) is 2. The third-order valence-electron chi connectivity index (χ3n) is 9.31. The fourth-order valence-electron chi connectivity index (χ4n) is 7.32. The van der Waals surface area contributed by atoms with Gasteiger partial charge in [-0.3, -0.25) is 0 Å². The highest BCUT2D eigenvalue weighted by Crippen LogP contribution is 2.60. The molecule has 0 aromatic heterocycles. The number of hydrogen-bond donors (Lipinski definition) is 1. The molecule has 0 bridgehead atoms. The van der Waals surface area contributed by atoms with E-state index in [2.05, 4.69) is 38.1 Å². The number of aryl methyl sites for hydroxylation is 1. The Labute approximate surface area is 186 Å². The first kappa shape index (κ1) is 21.3. The average Bonchev–Trinajstić information content (AvgIpc) is 3.08. The Morgan fingerprint density at radius 1 is 1.13 bits per heavy atom. The highest BCUT2D eigenvalue weighted by atomic mass is 16.6. The molecule has 5 rings (SSSR count). The van der Waals surface area contributed by atoms with Gasteiger partial charge in [0.1, 0.15) is 5.75 Å². The number of hydrogen-bond acceptors (Lipinski definition) is 4. The number of rotatable bonds is 2. The van der Waals surface area contributed by atoms with Crippen LogP contribution in [0.25, 0.3) is 0 Å². The van der Waals surface area contributed by atoms with Crippen LogP contribution in [0.5, 0.6) is 5.75 Å². The summed E-state index contributed by atoms with van der Waals surface area (Å²) in [6.07, 6.45) is 8.36. The van der Waals surface area contributed by atoms with Crippen LogP contribution >= 0.6 is 0 Å². The quantitative estimate of drug-likeness (QED) is 0.760. The molecule has 1 aromatic rings. The number of piperidine rings is 1. The predicted molar refractivity (Wildman–Crippen MR) is 121 cm³/mol. The van der Waals surface area contributed by atoms with Gasteiger partial charge in [-0.15, -0.1) is 0 Å². The van der Waals surface area contributed by atoms with E-state index in [4.69, 9.17) is 4.74 Å². The van der Waals surface area contributed by atoms with E-state index >= 15 is 0 Å². The van der Waals surface area contributed by atoms with Gasteiger partial charge < -0.3 is 19.6 Å². The van der Waals surface area contributed by atoms with E-state index in [0.29, 0.717) is 29.5 Å². The molecule has 5 unspecified atom stereocenters. The summed E-state index contributed by atoms with van der Waals surface area (Å²) in [7, 11) is 4.22.